The van der Waals surface area contributed by atoms with Crippen LogP contribution in [0.15, 0.2) is 47.6 Å². The Labute approximate surface area is 145 Å². The first-order valence-corrected chi connectivity index (χ1v) is 7.69. The van der Waals surface area contributed by atoms with Gasteiger partial charge in [-0.05, 0) is 37.6 Å². The lowest BCUT2D eigenvalue weighted by molar-refractivity contribution is -0.123. The molecular weight excluding hydrogens is 335 g/mol. The summed E-state index contributed by atoms with van der Waals surface area (Å²) in [6, 6.07) is 12.7. The average Bonchev–Trinajstić information content (AvgIpc) is 2.52. The van der Waals surface area contributed by atoms with Crippen molar-refractivity contribution >= 4 is 34.8 Å². The Hall–Kier alpha value is -2.04. The van der Waals surface area contributed by atoms with Gasteiger partial charge in [0.05, 0.1) is 10.7 Å². The van der Waals surface area contributed by atoms with Crippen LogP contribution in [0.2, 0.25) is 10.0 Å². The van der Waals surface area contributed by atoms with E-state index in [-0.39, 0.29) is 12.5 Å². The van der Waals surface area contributed by atoms with E-state index in [2.05, 4.69) is 10.5 Å². The number of hydrogen-bond acceptors (Lipinski definition) is 3. The monoisotopic (exact) mass is 350 g/mol. The summed E-state index contributed by atoms with van der Waals surface area (Å²) in [6.45, 7) is 3.64. The van der Waals surface area contributed by atoms with E-state index in [1.807, 2.05) is 38.1 Å². The molecule has 0 saturated heterocycles. The van der Waals surface area contributed by atoms with Gasteiger partial charge in [-0.3, -0.25) is 4.79 Å². The maximum atomic E-state index is 11.8. The van der Waals surface area contributed by atoms with Gasteiger partial charge in [0.15, 0.2) is 6.61 Å². The Bertz CT molecular complexity index is 728. The molecule has 0 saturated carbocycles. The highest BCUT2D eigenvalue weighted by atomic mass is 35.5. The average molecular weight is 351 g/mol. The summed E-state index contributed by atoms with van der Waals surface area (Å²) >= 11 is 11.8. The molecule has 0 atom stereocenters. The van der Waals surface area contributed by atoms with Crippen molar-refractivity contribution < 1.29 is 9.53 Å². The maximum Gasteiger partial charge on any atom is 0.277 e. The van der Waals surface area contributed by atoms with Crippen molar-refractivity contribution in [3.05, 3.63) is 63.6 Å². The van der Waals surface area contributed by atoms with Crippen LogP contribution in [-0.2, 0) is 4.79 Å². The minimum Gasteiger partial charge on any atom is -0.482 e. The molecule has 1 amide bonds. The molecule has 23 heavy (non-hydrogen) atoms. The molecule has 0 unspecified atom stereocenters. The van der Waals surface area contributed by atoms with Gasteiger partial charge in [-0.25, -0.2) is 5.43 Å². The summed E-state index contributed by atoms with van der Waals surface area (Å²) in [6.07, 6.45) is 0. The fraction of sp³-hybridized carbons (Fsp3) is 0.176. The highest BCUT2D eigenvalue weighted by Crippen LogP contribution is 2.27. The lowest BCUT2D eigenvalue weighted by Gasteiger charge is -2.07. The quantitative estimate of drug-likeness (QED) is 0.648. The molecule has 0 bridgehead atoms. The van der Waals surface area contributed by atoms with Gasteiger partial charge in [0.2, 0.25) is 0 Å². The molecule has 2 aromatic rings. The third-order valence-electron chi connectivity index (χ3n) is 3.07. The summed E-state index contributed by atoms with van der Waals surface area (Å²) in [5, 5.41) is 4.91. The second-order valence-corrected chi connectivity index (χ2v) is 5.81. The van der Waals surface area contributed by atoms with Crippen molar-refractivity contribution in [2.24, 2.45) is 5.10 Å². The van der Waals surface area contributed by atoms with Gasteiger partial charge in [-0.1, -0.05) is 53.0 Å². The number of hydrazone groups is 1. The standard InChI is InChI=1S/C17H16Cl2N2O2/c1-11-3-5-13(6-4-11)12(2)20-21-17(22)10-23-16-8-7-14(18)9-15(16)19/h3-9H,10H2,1-2H3,(H,21,22). The van der Waals surface area contributed by atoms with Gasteiger partial charge < -0.3 is 4.74 Å². The highest BCUT2D eigenvalue weighted by molar-refractivity contribution is 6.35. The number of carbonyl (C=O) groups is 1. The van der Waals surface area contributed by atoms with Crippen LogP contribution in [0.25, 0.3) is 0 Å². The van der Waals surface area contributed by atoms with E-state index in [0.29, 0.717) is 21.5 Å². The second-order valence-electron chi connectivity index (χ2n) is 4.96. The molecule has 1 N–H and O–H groups in total. The molecule has 0 aliphatic rings. The first-order valence-electron chi connectivity index (χ1n) is 6.94. The number of ether oxygens (including phenoxy) is 1. The van der Waals surface area contributed by atoms with E-state index in [4.69, 9.17) is 27.9 Å². The number of carbonyl (C=O) groups excluding carboxylic acids is 1. The van der Waals surface area contributed by atoms with Crippen LogP contribution in [0.1, 0.15) is 18.1 Å². The number of benzene rings is 2. The molecular formula is C17H16Cl2N2O2. The third kappa shape index (κ3) is 5.27. The molecule has 2 rings (SSSR count). The minimum absolute atomic E-state index is 0.188. The number of halogens is 2. The predicted molar refractivity (Wildman–Crippen MR) is 93.5 cm³/mol. The lowest BCUT2D eigenvalue weighted by Crippen LogP contribution is -2.25. The van der Waals surface area contributed by atoms with Crippen molar-refractivity contribution in [3.8, 4) is 5.75 Å². The molecule has 4 nitrogen and oxygen atoms in total. The predicted octanol–water partition coefficient (Wildman–Crippen LogP) is 4.22. The number of amides is 1. The fourth-order valence-corrected chi connectivity index (χ4v) is 2.24. The third-order valence-corrected chi connectivity index (χ3v) is 3.60. The van der Waals surface area contributed by atoms with E-state index >= 15 is 0 Å². The molecule has 0 radical (unpaired) electrons. The van der Waals surface area contributed by atoms with Gasteiger partial charge >= 0.3 is 0 Å². The normalized spacial score (nSPS) is 11.2. The minimum atomic E-state index is -0.373. The van der Waals surface area contributed by atoms with Gasteiger partial charge in [0, 0.05) is 5.02 Å². The van der Waals surface area contributed by atoms with Crippen molar-refractivity contribution in [1.82, 2.24) is 5.43 Å². The van der Waals surface area contributed by atoms with Crippen molar-refractivity contribution in [2.45, 2.75) is 13.8 Å². The van der Waals surface area contributed by atoms with Crippen molar-refractivity contribution in [3.63, 3.8) is 0 Å². The largest absolute Gasteiger partial charge is 0.482 e. The van der Waals surface area contributed by atoms with E-state index in [1.54, 1.807) is 18.2 Å². The Kier molecular flexibility index (Phi) is 6.02. The Morgan fingerprint density at radius 3 is 2.52 bits per heavy atom. The molecule has 0 aliphatic heterocycles. The summed E-state index contributed by atoms with van der Waals surface area (Å²) in [5.74, 6) is 0.0212. The van der Waals surface area contributed by atoms with Crippen LogP contribution in [-0.4, -0.2) is 18.2 Å². The number of nitrogens with one attached hydrogen (secondary N) is 1. The van der Waals surface area contributed by atoms with Gasteiger partial charge in [0.1, 0.15) is 5.75 Å². The van der Waals surface area contributed by atoms with E-state index in [9.17, 15) is 4.79 Å². The summed E-state index contributed by atoms with van der Waals surface area (Å²) in [5.41, 5.74) is 5.27. The molecule has 120 valence electrons. The van der Waals surface area contributed by atoms with Crippen LogP contribution in [0, 0.1) is 6.92 Å². The summed E-state index contributed by atoms with van der Waals surface area (Å²) in [4.78, 5) is 11.8. The summed E-state index contributed by atoms with van der Waals surface area (Å²) < 4.78 is 5.34. The van der Waals surface area contributed by atoms with Crippen LogP contribution >= 0.6 is 23.2 Å². The van der Waals surface area contributed by atoms with Crippen LogP contribution in [0.5, 0.6) is 5.75 Å². The van der Waals surface area contributed by atoms with Crippen molar-refractivity contribution in [1.29, 1.82) is 0 Å². The molecule has 2 aromatic carbocycles. The van der Waals surface area contributed by atoms with Gasteiger partial charge in [-0.15, -0.1) is 0 Å². The first kappa shape index (κ1) is 17.3. The number of nitrogens with zero attached hydrogens (tertiary/aromatic N) is 1. The van der Waals surface area contributed by atoms with E-state index in [1.165, 1.54) is 5.56 Å². The Morgan fingerprint density at radius 2 is 1.87 bits per heavy atom. The zero-order chi connectivity index (χ0) is 16.8. The molecule has 0 heterocycles. The van der Waals surface area contributed by atoms with E-state index < -0.39 is 0 Å². The maximum absolute atomic E-state index is 11.8. The number of rotatable bonds is 5. The zero-order valence-corrected chi connectivity index (χ0v) is 14.3. The van der Waals surface area contributed by atoms with E-state index in [0.717, 1.165) is 5.56 Å². The summed E-state index contributed by atoms with van der Waals surface area (Å²) in [7, 11) is 0. The molecule has 0 aliphatic carbocycles. The van der Waals surface area contributed by atoms with Crippen LogP contribution in [0.3, 0.4) is 0 Å². The van der Waals surface area contributed by atoms with Crippen LogP contribution in [0.4, 0.5) is 0 Å². The molecule has 6 heteroatoms. The van der Waals surface area contributed by atoms with Gasteiger partial charge in [0.25, 0.3) is 5.91 Å². The smallest absolute Gasteiger partial charge is 0.277 e. The van der Waals surface area contributed by atoms with Crippen LogP contribution < -0.4 is 10.2 Å². The number of hydrogen-bond donors (Lipinski definition) is 1. The Morgan fingerprint density at radius 1 is 1.17 bits per heavy atom. The highest BCUT2D eigenvalue weighted by Gasteiger charge is 2.06. The topological polar surface area (TPSA) is 50.7 Å². The van der Waals surface area contributed by atoms with Crippen molar-refractivity contribution in [2.75, 3.05) is 6.61 Å². The zero-order valence-electron chi connectivity index (χ0n) is 12.8. The molecule has 0 spiro atoms. The molecule has 0 aromatic heterocycles. The first-order chi connectivity index (χ1) is 11.0. The number of aryl methyl sites for hydroxylation is 1. The van der Waals surface area contributed by atoms with Gasteiger partial charge in [-0.2, -0.15) is 5.10 Å². The lowest BCUT2D eigenvalue weighted by atomic mass is 10.1. The SMILES string of the molecule is CC(=NNC(=O)COc1ccc(Cl)cc1Cl)c1ccc(C)cc1. The molecule has 0 fully saturated rings. The Balaban J connectivity index is 1.89. The fourth-order valence-electron chi connectivity index (χ4n) is 1.77. The second kappa shape index (κ2) is 7.99.